The highest BCUT2D eigenvalue weighted by molar-refractivity contribution is 6.04. The van der Waals surface area contributed by atoms with Crippen molar-refractivity contribution in [2.75, 3.05) is 0 Å². The van der Waals surface area contributed by atoms with Gasteiger partial charge in [0, 0.05) is 6.42 Å². The molecule has 0 bridgehead atoms. The fraction of sp³-hybridized carbons (Fsp3) is 0.750. The topological polar surface area (TPSA) is 34.1 Å². The van der Waals surface area contributed by atoms with Gasteiger partial charge in [-0.3, -0.25) is 9.59 Å². The van der Waals surface area contributed by atoms with Crippen LogP contribution in [0.2, 0.25) is 0 Å². The largest absolute Gasteiger partial charge is 0.299 e. The lowest BCUT2D eigenvalue weighted by Gasteiger charge is -2.18. The Morgan fingerprint density at radius 1 is 1.42 bits per heavy atom. The molecule has 0 spiro atoms. The molecule has 0 aromatic rings. The van der Waals surface area contributed by atoms with Crippen LogP contribution in [0.3, 0.4) is 0 Å². The molecule has 1 aliphatic carbocycles. The van der Waals surface area contributed by atoms with Crippen LogP contribution in [0.4, 0.5) is 8.78 Å². The van der Waals surface area contributed by atoms with E-state index in [1.807, 2.05) is 0 Å². The molecule has 0 saturated heterocycles. The van der Waals surface area contributed by atoms with E-state index in [1.54, 1.807) is 0 Å². The Kier molecular flexibility index (Phi) is 2.89. The van der Waals surface area contributed by atoms with Crippen LogP contribution in [-0.4, -0.2) is 18.0 Å². The first-order valence-electron chi connectivity index (χ1n) is 3.97. The number of hydrogen-bond acceptors (Lipinski definition) is 2. The summed E-state index contributed by atoms with van der Waals surface area (Å²) in [7, 11) is 0. The summed E-state index contributed by atoms with van der Waals surface area (Å²) in [5.74, 6) is -2.52. The van der Waals surface area contributed by atoms with E-state index >= 15 is 0 Å². The van der Waals surface area contributed by atoms with Crippen LogP contribution in [0.15, 0.2) is 0 Å². The lowest BCUT2D eigenvalue weighted by molar-refractivity contribution is -0.141. The Bertz CT molecular complexity index is 201. The minimum atomic E-state index is -2.99. The maximum atomic E-state index is 11.9. The molecule has 1 atom stereocenters. The van der Waals surface area contributed by atoms with E-state index in [0.29, 0.717) is 12.8 Å². The Hall–Kier alpha value is -0.800. The third kappa shape index (κ3) is 1.87. The van der Waals surface area contributed by atoms with Crippen molar-refractivity contribution in [1.82, 2.24) is 0 Å². The van der Waals surface area contributed by atoms with Gasteiger partial charge in [0.05, 0.1) is 5.92 Å². The first kappa shape index (κ1) is 9.29. The SMILES string of the molecule is O=C1CCCC[C@H]1C(=O)C(F)F. The van der Waals surface area contributed by atoms with Gasteiger partial charge < -0.3 is 0 Å². The number of carbonyl (C=O) groups is 2. The van der Waals surface area contributed by atoms with E-state index in [-0.39, 0.29) is 12.2 Å². The summed E-state index contributed by atoms with van der Waals surface area (Å²) in [5, 5.41) is 0. The van der Waals surface area contributed by atoms with Gasteiger partial charge in [-0.05, 0) is 12.8 Å². The molecule has 0 aromatic heterocycles. The van der Waals surface area contributed by atoms with Crippen LogP contribution < -0.4 is 0 Å². The smallest absolute Gasteiger partial charge is 0.296 e. The highest BCUT2D eigenvalue weighted by Crippen LogP contribution is 2.23. The summed E-state index contributed by atoms with van der Waals surface area (Å²) >= 11 is 0. The number of alkyl halides is 2. The molecule has 1 saturated carbocycles. The molecule has 0 N–H and O–H groups in total. The normalized spacial score (nSPS) is 24.6. The van der Waals surface area contributed by atoms with Crippen molar-refractivity contribution in [3.8, 4) is 0 Å². The molecule has 0 amide bonds. The molecule has 2 nitrogen and oxygen atoms in total. The van der Waals surface area contributed by atoms with E-state index in [4.69, 9.17) is 0 Å². The summed E-state index contributed by atoms with van der Waals surface area (Å²) in [6, 6.07) is 0. The fourth-order valence-corrected chi connectivity index (χ4v) is 1.44. The molecule has 4 heteroatoms. The number of halogens is 2. The second-order valence-electron chi connectivity index (χ2n) is 2.97. The summed E-state index contributed by atoms with van der Waals surface area (Å²) in [4.78, 5) is 21.7. The average Bonchev–Trinajstić information content (AvgIpc) is 2.04. The Morgan fingerprint density at radius 2 is 2.08 bits per heavy atom. The van der Waals surface area contributed by atoms with Gasteiger partial charge in [0.25, 0.3) is 6.43 Å². The molecule has 68 valence electrons. The molecule has 0 radical (unpaired) electrons. The van der Waals surface area contributed by atoms with Crippen molar-refractivity contribution in [2.24, 2.45) is 5.92 Å². The summed E-state index contributed by atoms with van der Waals surface area (Å²) in [5.41, 5.74) is 0. The molecule has 1 rings (SSSR count). The first-order chi connectivity index (χ1) is 5.63. The fourth-order valence-electron chi connectivity index (χ4n) is 1.44. The maximum Gasteiger partial charge on any atom is 0.296 e. The Balaban J connectivity index is 2.60. The van der Waals surface area contributed by atoms with Crippen LogP contribution in [0.5, 0.6) is 0 Å². The van der Waals surface area contributed by atoms with Crippen molar-refractivity contribution in [3.63, 3.8) is 0 Å². The van der Waals surface area contributed by atoms with Gasteiger partial charge in [-0.1, -0.05) is 6.42 Å². The summed E-state index contributed by atoms with van der Waals surface area (Å²) in [6.07, 6.45) is -0.969. The van der Waals surface area contributed by atoms with Gasteiger partial charge in [-0.2, -0.15) is 0 Å². The summed E-state index contributed by atoms with van der Waals surface area (Å²) < 4.78 is 23.8. The predicted molar refractivity (Wildman–Crippen MR) is 38.0 cm³/mol. The third-order valence-electron chi connectivity index (χ3n) is 2.11. The maximum absolute atomic E-state index is 11.9. The van der Waals surface area contributed by atoms with Crippen molar-refractivity contribution in [1.29, 1.82) is 0 Å². The monoisotopic (exact) mass is 176 g/mol. The van der Waals surface area contributed by atoms with E-state index in [0.717, 1.165) is 6.42 Å². The molecular weight excluding hydrogens is 166 g/mol. The highest BCUT2D eigenvalue weighted by Gasteiger charge is 2.33. The molecule has 1 aliphatic rings. The predicted octanol–water partition coefficient (Wildman–Crippen LogP) is 1.58. The van der Waals surface area contributed by atoms with Gasteiger partial charge in [-0.25, -0.2) is 8.78 Å². The van der Waals surface area contributed by atoms with Crippen molar-refractivity contribution in [2.45, 2.75) is 32.1 Å². The van der Waals surface area contributed by atoms with Crippen LogP contribution in [0, 0.1) is 5.92 Å². The van der Waals surface area contributed by atoms with E-state index in [2.05, 4.69) is 0 Å². The molecule has 12 heavy (non-hydrogen) atoms. The lowest BCUT2D eigenvalue weighted by Crippen LogP contribution is -2.31. The second kappa shape index (κ2) is 3.74. The first-order valence-corrected chi connectivity index (χ1v) is 3.97. The van der Waals surface area contributed by atoms with Gasteiger partial charge in [0.15, 0.2) is 0 Å². The average molecular weight is 176 g/mol. The van der Waals surface area contributed by atoms with Crippen LogP contribution in [-0.2, 0) is 9.59 Å². The van der Waals surface area contributed by atoms with Crippen LogP contribution >= 0.6 is 0 Å². The molecular formula is C8H10F2O2. The second-order valence-corrected chi connectivity index (χ2v) is 2.97. The highest BCUT2D eigenvalue weighted by atomic mass is 19.3. The number of Topliss-reactive ketones (excluding diaryl/α,β-unsaturated/α-hetero) is 2. The molecule has 1 fully saturated rings. The van der Waals surface area contributed by atoms with E-state index < -0.39 is 18.1 Å². The van der Waals surface area contributed by atoms with Crippen molar-refractivity contribution in [3.05, 3.63) is 0 Å². The molecule has 0 aromatic carbocycles. The number of rotatable bonds is 2. The third-order valence-corrected chi connectivity index (χ3v) is 2.11. The van der Waals surface area contributed by atoms with Crippen LogP contribution in [0.25, 0.3) is 0 Å². The van der Waals surface area contributed by atoms with Crippen molar-refractivity contribution < 1.29 is 18.4 Å². The zero-order chi connectivity index (χ0) is 9.14. The van der Waals surface area contributed by atoms with Gasteiger partial charge in [0.2, 0.25) is 5.78 Å². The summed E-state index contributed by atoms with van der Waals surface area (Å²) in [6.45, 7) is 0. The number of hydrogen-bond donors (Lipinski definition) is 0. The van der Waals surface area contributed by atoms with E-state index in [1.165, 1.54) is 0 Å². The van der Waals surface area contributed by atoms with Crippen molar-refractivity contribution >= 4 is 11.6 Å². The molecule has 0 aliphatic heterocycles. The van der Waals surface area contributed by atoms with Crippen LogP contribution in [0.1, 0.15) is 25.7 Å². The molecule has 0 unspecified atom stereocenters. The van der Waals surface area contributed by atoms with Gasteiger partial charge in [0.1, 0.15) is 5.78 Å². The quantitative estimate of drug-likeness (QED) is 0.598. The zero-order valence-corrected chi connectivity index (χ0v) is 6.56. The minimum absolute atomic E-state index is 0.281. The van der Waals surface area contributed by atoms with Gasteiger partial charge in [-0.15, -0.1) is 0 Å². The number of carbonyl (C=O) groups excluding carboxylic acids is 2. The molecule has 0 heterocycles. The number of ketones is 2. The van der Waals surface area contributed by atoms with Gasteiger partial charge >= 0.3 is 0 Å². The van der Waals surface area contributed by atoms with E-state index in [9.17, 15) is 18.4 Å². The zero-order valence-electron chi connectivity index (χ0n) is 6.56. The minimum Gasteiger partial charge on any atom is -0.299 e. The Labute approximate surface area is 68.9 Å². The standard InChI is InChI=1S/C8H10F2O2/c9-8(10)7(12)5-3-1-2-4-6(5)11/h5,8H,1-4H2/t5-/m1/s1. The lowest BCUT2D eigenvalue weighted by atomic mass is 9.85. The Morgan fingerprint density at radius 3 is 2.58 bits per heavy atom.